The standard InChI is InChI=1S/C25H16ClF5N4O3S/c1-9(36)32-24-35-21-17(39-24)8-16(33-22(37)10-4-11(25(29,30)31)6-13(28)5-10)18-19(21)23(38)34-20(18)14-7-12(27)2-3-15(14)26/h2-8,20,23,34,38H,1H3,(H,33,37)(H,32,35,36). The summed E-state index contributed by atoms with van der Waals surface area (Å²) in [5.41, 5.74) is -1.08. The van der Waals surface area contributed by atoms with Crippen LogP contribution in [0.4, 0.5) is 32.8 Å². The lowest BCUT2D eigenvalue weighted by molar-refractivity contribution is -0.137. The lowest BCUT2D eigenvalue weighted by Gasteiger charge is -2.19. The molecule has 14 heteroatoms. The van der Waals surface area contributed by atoms with Gasteiger partial charge in [-0.1, -0.05) is 22.9 Å². The van der Waals surface area contributed by atoms with Crippen molar-refractivity contribution >= 4 is 55.8 Å². The molecule has 1 aliphatic heterocycles. The van der Waals surface area contributed by atoms with Gasteiger partial charge in [0.15, 0.2) is 5.13 Å². The highest BCUT2D eigenvalue weighted by Gasteiger charge is 2.38. The van der Waals surface area contributed by atoms with E-state index in [-0.39, 0.29) is 44.1 Å². The molecular weight excluding hydrogens is 567 g/mol. The number of hydrogen-bond acceptors (Lipinski definition) is 6. The molecule has 3 aromatic carbocycles. The number of carbonyl (C=O) groups is 2. The number of nitrogens with one attached hydrogen (secondary N) is 3. The number of aliphatic hydroxyl groups excluding tert-OH is 1. The van der Waals surface area contributed by atoms with Gasteiger partial charge in [-0.3, -0.25) is 14.9 Å². The summed E-state index contributed by atoms with van der Waals surface area (Å²) in [7, 11) is 0. The third kappa shape index (κ3) is 5.17. The second-order valence-electron chi connectivity index (χ2n) is 8.65. The quantitative estimate of drug-likeness (QED) is 0.216. The Labute approximate surface area is 225 Å². The number of aliphatic hydroxyl groups is 1. The molecular formula is C25H16ClF5N4O3S. The van der Waals surface area contributed by atoms with Gasteiger partial charge in [0.2, 0.25) is 5.91 Å². The van der Waals surface area contributed by atoms with E-state index in [1.54, 1.807) is 0 Å². The third-order valence-electron chi connectivity index (χ3n) is 5.94. The van der Waals surface area contributed by atoms with E-state index in [1.165, 1.54) is 19.1 Å². The molecule has 4 N–H and O–H groups in total. The van der Waals surface area contributed by atoms with Gasteiger partial charge >= 0.3 is 6.18 Å². The van der Waals surface area contributed by atoms with Crippen LogP contribution in [0.25, 0.3) is 10.2 Å². The molecule has 0 bridgehead atoms. The van der Waals surface area contributed by atoms with Crippen molar-refractivity contribution in [3.63, 3.8) is 0 Å². The van der Waals surface area contributed by atoms with Crippen molar-refractivity contribution in [2.45, 2.75) is 25.4 Å². The molecule has 2 atom stereocenters. The summed E-state index contributed by atoms with van der Waals surface area (Å²) < 4.78 is 68.2. The van der Waals surface area contributed by atoms with Crippen LogP contribution in [0.2, 0.25) is 5.02 Å². The average molecular weight is 583 g/mol. The van der Waals surface area contributed by atoms with Crippen LogP contribution in [0.15, 0.2) is 42.5 Å². The molecule has 0 aliphatic carbocycles. The topological polar surface area (TPSA) is 103 Å². The minimum absolute atomic E-state index is 0.0210. The minimum Gasteiger partial charge on any atom is -0.374 e. The summed E-state index contributed by atoms with van der Waals surface area (Å²) in [4.78, 5) is 29.0. The van der Waals surface area contributed by atoms with Crippen molar-refractivity contribution in [1.29, 1.82) is 0 Å². The van der Waals surface area contributed by atoms with E-state index in [2.05, 4.69) is 20.9 Å². The molecule has 7 nitrogen and oxygen atoms in total. The number of thiazole rings is 1. The maximum atomic E-state index is 14.2. The monoisotopic (exact) mass is 582 g/mol. The molecule has 5 rings (SSSR count). The van der Waals surface area contributed by atoms with Crippen LogP contribution in [0.5, 0.6) is 0 Å². The summed E-state index contributed by atoms with van der Waals surface area (Å²) in [5.74, 6) is -3.38. The number of fused-ring (bicyclic) bond motifs is 3. The molecule has 2 amide bonds. The van der Waals surface area contributed by atoms with Crippen LogP contribution in [0, 0.1) is 11.6 Å². The molecule has 0 fully saturated rings. The average Bonchev–Trinajstić information content (AvgIpc) is 3.39. The Morgan fingerprint density at radius 3 is 2.49 bits per heavy atom. The third-order valence-corrected chi connectivity index (χ3v) is 7.20. The van der Waals surface area contributed by atoms with Gasteiger partial charge in [-0.15, -0.1) is 0 Å². The molecule has 2 unspecified atom stereocenters. The van der Waals surface area contributed by atoms with Crippen LogP contribution < -0.4 is 16.0 Å². The lowest BCUT2D eigenvalue weighted by atomic mass is 9.95. The minimum atomic E-state index is -4.90. The van der Waals surface area contributed by atoms with Crippen LogP contribution in [-0.2, 0) is 11.0 Å². The van der Waals surface area contributed by atoms with Gasteiger partial charge in [0.1, 0.15) is 17.9 Å². The zero-order valence-corrected chi connectivity index (χ0v) is 21.2. The van der Waals surface area contributed by atoms with Crippen LogP contribution >= 0.6 is 22.9 Å². The SMILES string of the molecule is CC(=O)Nc1nc2c3c(c(NC(=O)c4cc(F)cc(C(F)(F)F)c4)cc2s1)C(c1cc(F)ccc1Cl)NC3O. The van der Waals surface area contributed by atoms with Gasteiger partial charge < -0.3 is 15.7 Å². The van der Waals surface area contributed by atoms with Crippen molar-refractivity contribution < 1.29 is 36.6 Å². The van der Waals surface area contributed by atoms with Crippen molar-refractivity contribution in [2.24, 2.45) is 0 Å². The lowest BCUT2D eigenvalue weighted by Crippen LogP contribution is -2.20. The number of hydrogen-bond donors (Lipinski definition) is 4. The fourth-order valence-corrected chi connectivity index (χ4v) is 5.58. The van der Waals surface area contributed by atoms with Crippen LogP contribution in [0.1, 0.15) is 51.8 Å². The molecule has 2 heterocycles. The van der Waals surface area contributed by atoms with Gasteiger partial charge in [-0.25, -0.2) is 13.8 Å². The van der Waals surface area contributed by atoms with Crippen molar-refractivity contribution in [3.8, 4) is 0 Å². The Kier molecular flexibility index (Phi) is 6.79. The van der Waals surface area contributed by atoms with E-state index in [4.69, 9.17) is 11.6 Å². The maximum absolute atomic E-state index is 14.2. The first-order valence-electron chi connectivity index (χ1n) is 11.1. The Morgan fingerprint density at radius 2 is 1.79 bits per heavy atom. The molecule has 39 heavy (non-hydrogen) atoms. The summed E-state index contributed by atoms with van der Waals surface area (Å²) in [6.07, 6.45) is -6.28. The summed E-state index contributed by atoms with van der Waals surface area (Å²) in [6.45, 7) is 1.27. The number of alkyl halides is 3. The molecule has 0 saturated heterocycles. The summed E-state index contributed by atoms with van der Waals surface area (Å²) in [5, 5.41) is 19.1. The number of benzene rings is 3. The largest absolute Gasteiger partial charge is 0.416 e. The van der Waals surface area contributed by atoms with Gasteiger partial charge in [0, 0.05) is 34.3 Å². The fraction of sp³-hybridized carbons (Fsp3) is 0.160. The Morgan fingerprint density at radius 1 is 1.05 bits per heavy atom. The zero-order chi connectivity index (χ0) is 28.2. The van der Waals surface area contributed by atoms with Gasteiger partial charge in [0.05, 0.1) is 21.8 Å². The highest BCUT2D eigenvalue weighted by Crippen LogP contribution is 2.47. The highest BCUT2D eigenvalue weighted by atomic mass is 35.5. The normalized spacial score (nSPS) is 16.8. The van der Waals surface area contributed by atoms with Crippen LogP contribution in [0.3, 0.4) is 0 Å². The smallest absolute Gasteiger partial charge is 0.374 e. The van der Waals surface area contributed by atoms with E-state index in [0.29, 0.717) is 16.8 Å². The number of nitrogens with zero attached hydrogens (tertiary/aromatic N) is 1. The number of halogens is 6. The second-order valence-corrected chi connectivity index (χ2v) is 10.1. The second kappa shape index (κ2) is 9.83. The predicted molar refractivity (Wildman–Crippen MR) is 135 cm³/mol. The first-order chi connectivity index (χ1) is 18.3. The molecule has 0 saturated carbocycles. The molecule has 0 spiro atoms. The van der Waals surface area contributed by atoms with E-state index in [9.17, 15) is 36.6 Å². The molecule has 1 aliphatic rings. The van der Waals surface area contributed by atoms with Crippen molar-refractivity contribution in [2.75, 3.05) is 10.6 Å². The predicted octanol–water partition coefficient (Wildman–Crippen LogP) is 6.14. The van der Waals surface area contributed by atoms with Crippen molar-refractivity contribution in [1.82, 2.24) is 10.3 Å². The van der Waals surface area contributed by atoms with E-state index in [1.807, 2.05) is 0 Å². The van der Waals surface area contributed by atoms with Crippen LogP contribution in [-0.4, -0.2) is 21.9 Å². The fourth-order valence-electron chi connectivity index (χ4n) is 4.38. The molecule has 0 radical (unpaired) electrons. The van der Waals surface area contributed by atoms with Crippen molar-refractivity contribution in [3.05, 3.63) is 86.9 Å². The Hall–Kier alpha value is -3.65. The number of carbonyl (C=O) groups excluding carboxylic acids is 2. The zero-order valence-electron chi connectivity index (χ0n) is 19.6. The molecule has 1 aromatic heterocycles. The number of amides is 2. The molecule has 4 aromatic rings. The van der Waals surface area contributed by atoms with E-state index < -0.39 is 53.0 Å². The summed E-state index contributed by atoms with van der Waals surface area (Å²) in [6, 6.07) is 5.45. The number of anilines is 2. The first kappa shape index (κ1) is 26.9. The van der Waals surface area contributed by atoms with Gasteiger partial charge in [0.25, 0.3) is 5.91 Å². The highest BCUT2D eigenvalue weighted by molar-refractivity contribution is 7.22. The Bertz CT molecular complexity index is 1660. The van der Waals surface area contributed by atoms with E-state index in [0.717, 1.165) is 23.5 Å². The van der Waals surface area contributed by atoms with Gasteiger partial charge in [-0.2, -0.15) is 13.2 Å². The Balaban J connectivity index is 1.68. The number of rotatable bonds is 4. The number of aromatic nitrogens is 1. The summed E-state index contributed by atoms with van der Waals surface area (Å²) >= 11 is 7.33. The first-order valence-corrected chi connectivity index (χ1v) is 12.3. The van der Waals surface area contributed by atoms with E-state index >= 15 is 0 Å². The van der Waals surface area contributed by atoms with Gasteiger partial charge in [-0.05, 0) is 48.0 Å². The maximum Gasteiger partial charge on any atom is 0.416 e. The molecule has 202 valence electrons.